The molecule has 1 nitrogen and oxygen atoms in total. The fourth-order valence-corrected chi connectivity index (χ4v) is 8.30. The third-order valence-corrected chi connectivity index (χ3v) is 10.3. The summed E-state index contributed by atoms with van der Waals surface area (Å²) < 4.78 is 0. The van der Waals surface area contributed by atoms with Crippen molar-refractivity contribution >= 4 is 6.71 Å². The third-order valence-electron chi connectivity index (χ3n) is 10.3. The smallest absolute Gasteiger partial charge is 0.250 e. The van der Waals surface area contributed by atoms with Crippen LogP contribution in [0.5, 0.6) is 0 Å². The van der Waals surface area contributed by atoms with Gasteiger partial charge in [0, 0.05) is 0 Å². The van der Waals surface area contributed by atoms with Crippen molar-refractivity contribution in [3.05, 3.63) is 0 Å². The predicted molar refractivity (Wildman–Crippen MR) is 98.6 cm³/mol. The summed E-state index contributed by atoms with van der Waals surface area (Å²) in [5.41, 5.74) is 1.11. The Bertz CT molecular complexity index is 509. The molecule has 0 aromatic rings. The fraction of sp³-hybridized carbons (Fsp3) is 0.952. The molecule has 24 heavy (non-hydrogen) atoms. The number of nitrogens with zero attached hydrogens (tertiary/aromatic N) is 1. The first-order chi connectivity index (χ1) is 10.7. The van der Waals surface area contributed by atoms with E-state index in [0.29, 0.717) is 10.8 Å². The van der Waals surface area contributed by atoms with Crippen LogP contribution in [0.4, 0.5) is 0 Å². The average Bonchev–Trinajstić information content (AvgIpc) is 2.49. The molecule has 0 radical (unpaired) electrons. The van der Waals surface area contributed by atoms with E-state index < -0.39 is 6.71 Å². The fourth-order valence-electron chi connectivity index (χ4n) is 8.30. The van der Waals surface area contributed by atoms with Gasteiger partial charge in [-0.05, 0) is 47.3 Å². The molecule has 8 atom stereocenters. The SMILES string of the molecule is CC1C([BH-](C#N)C2CC3CC(C2C)C3(C)C)CC2CC1C2(C)C.[Na+]. The zero-order valence-electron chi connectivity index (χ0n) is 17.1. The van der Waals surface area contributed by atoms with Crippen LogP contribution in [0.15, 0.2) is 0 Å². The molecule has 6 rings (SSSR count). The molecular weight excluding hydrogens is 300 g/mol. The van der Waals surface area contributed by atoms with E-state index in [0.717, 1.165) is 47.1 Å². The first kappa shape index (κ1) is 19.3. The van der Waals surface area contributed by atoms with E-state index in [2.05, 4.69) is 47.5 Å². The monoisotopic (exact) mass is 335 g/mol. The van der Waals surface area contributed by atoms with Crippen LogP contribution in [0.3, 0.4) is 0 Å². The zero-order valence-corrected chi connectivity index (χ0v) is 19.1. The topological polar surface area (TPSA) is 23.8 Å². The molecule has 0 spiro atoms. The van der Waals surface area contributed by atoms with Gasteiger partial charge in [-0.2, -0.15) is 17.6 Å². The molecule has 0 N–H and O–H groups in total. The summed E-state index contributed by atoms with van der Waals surface area (Å²) in [5, 5.41) is 10.1. The Morgan fingerprint density at radius 2 is 1.17 bits per heavy atom. The molecule has 128 valence electrons. The second kappa shape index (κ2) is 6.04. The second-order valence-electron chi connectivity index (χ2n) is 11.2. The molecule has 0 aliphatic heterocycles. The molecular formula is C21H35BNNa. The maximum Gasteiger partial charge on any atom is 1.00 e. The number of hydrogen-bond donors (Lipinski definition) is 0. The van der Waals surface area contributed by atoms with E-state index in [-0.39, 0.29) is 29.6 Å². The van der Waals surface area contributed by atoms with Crippen LogP contribution in [0.1, 0.15) is 67.2 Å². The first-order valence-electron chi connectivity index (χ1n) is 10.3. The number of hydrogen-bond acceptors (Lipinski definition) is 1. The van der Waals surface area contributed by atoms with Gasteiger partial charge in [-0.3, -0.25) is 5.26 Å². The normalized spacial score (nSPS) is 51.2. The van der Waals surface area contributed by atoms with Crippen LogP contribution < -0.4 is 29.6 Å². The van der Waals surface area contributed by atoms with Crippen LogP contribution in [-0.4, -0.2) is 6.71 Å². The Kier molecular flexibility index (Phi) is 4.86. The minimum absolute atomic E-state index is 0. The molecule has 6 saturated carbocycles. The van der Waals surface area contributed by atoms with Crippen LogP contribution in [0.2, 0.25) is 11.6 Å². The molecule has 0 aromatic carbocycles. The van der Waals surface area contributed by atoms with Gasteiger partial charge >= 0.3 is 29.6 Å². The summed E-state index contributed by atoms with van der Waals surface area (Å²) in [6, 6.07) is 0. The number of fused-ring (bicyclic) bond motifs is 4. The predicted octanol–water partition coefficient (Wildman–Crippen LogP) is 2.42. The minimum atomic E-state index is -0.662. The van der Waals surface area contributed by atoms with E-state index in [9.17, 15) is 5.26 Å². The summed E-state index contributed by atoms with van der Waals surface area (Å²) in [6.07, 6.45) is 5.61. The van der Waals surface area contributed by atoms with Crippen molar-refractivity contribution in [2.45, 2.75) is 78.9 Å². The van der Waals surface area contributed by atoms with Gasteiger partial charge in [-0.15, -0.1) is 0 Å². The molecule has 6 fully saturated rings. The van der Waals surface area contributed by atoms with Crippen molar-refractivity contribution in [1.29, 1.82) is 5.26 Å². The Balaban J connectivity index is 0.00000169. The van der Waals surface area contributed by atoms with Crippen molar-refractivity contribution in [3.63, 3.8) is 0 Å². The molecule has 3 heteroatoms. The molecule has 6 aliphatic rings. The van der Waals surface area contributed by atoms with Crippen molar-refractivity contribution in [2.24, 2.45) is 46.3 Å². The molecule has 6 aliphatic carbocycles. The van der Waals surface area contributed by atoms with E-state index in [4.69, 9.17) is 0 Å². The molecule has 0 saturated heterocycles. The van der Waals surface area contributed by atoms with Crippen molar-refractivity contribution in [2.75, 3.05) is 0 Å². The molecule has 8 unspecified atom stereocenters. The van der Waals surface area contributed by atoms with E-state index in [1.165, 1.54) is 25.7 Å². The molecule has 0 amide bonds. The van der Waals surface area contributed by atoms with E-state index in [1.807, 2.05) is 0 Å². The van der Waals surface area contributed by atoms with Crippen LogP contribution >= 0.6 is 0 Å². The summed E-state index contributed by atoms with van der Waals surface area (Å²) in [5.74, 6) is 9.59. The van der Waals surface area contributed by atoms with E-state index in [1.54, 1.807) is 0 Å². The average molecular weight is 335 g/mol. The van der Waals surface area contributed by atoms with Crippen molar-refractivity contribution in [3.8, 4) is 5.97 Å². The van der Waals surface area contributed by atoms with Gasteiger partial charge in [0.1, 0.15) is 0 Å². The molecule has 4 bridgehead atoms. The largest absolute Gasteiger partial charge is 1.00 e. The van der Waals surface area contributed by atoms with Gasteiger partial charge in [0.2, 0.25) is 0 Å². The van der Waals surface area contributed by atoms with Crippen LogP contribution in [0, 0.1) is 57.6 Å². The molecule has 0 heterocycles. The van der Waals surface area contributed by atoms with E-state index >= 15 is 0 Å². The maximum atomic E-state index is 10.1. The molecule has 0 aromatic heterocycles. The van der Waals surface area contributed by atoms with Gasteiger partial charge in [-0.25, -0.2) is 0 Å². The standard InChI is InChI=1S/C21H35BN.Na/c1-12-16-7-14(20(16,3)4)9-18(12)22(11-23)19-10-15-8-17(13(19)2)21(15,5)6;/h12-19,22H,7-10H2,1-6H3;/q-1;+1. The summed E-state index contributed by atoms with van der Waals surface area (Å²) in [7, 11) is 0. The van der Waals surface area contributed by atoms with Crippen LogP contribution in [-0.2, 0) is 0 Å². The summed E-state index contributed by atoms with van der Waals surface area (Å²) in [4.78, 5) is 0. The van der Waals surface area contributed by atoms with Gasteiger partial charge in [0.05, 0.1) is 6.71 Å². The summed E-state index contributed by atoms with van der Waals surface area (Å²) in [6.45, 7) is 14.2. The van der Waals surface area contributed by atoms with Gasteiger partial charge in [0.15, 0.2) is 0 Å². The van der Waals surface area contributed by atoms with Crippen molar-refractivity contribution in [1.82, 2.24) is 0 Å². The minimum Gasteiger partial charge on any atom is -0.250 e. The first-order valence-corrected chi connectivity index (χ1v) is 10.3. The number of rotatable bonds is 2. The van der Waals surface area contributed by atoms with Gasteiger partial charge in [-0.1, -0.05) is 66.2 Å². The Hall–Kier alpha value is 0.555. The Labute approximate surface area is 172 Å². The van der Waals surface area contributed by atoms with Gasteiger partial charge < -0.3 is 0 Å². The Morgan fingerprint density at radius 1 is 0.792 bits per heavy atom. The van der Waals surface area contributed by atoms with Crippen LogP contribution in [0.25, 0.3) is 0 Å². The summed E-state index contributed by atoms with van der Waals surface area (Å²) >= 11 is 0. The third kappa shape index (κ3) is 2.37. The second-order valence-corrected chi connectivity index (χ2v) is 11.2. The quantitative estimate of drug-likeness (QED) is 0.711. The Morgan fingerprint density at radius 3 is 1.42 bits per heavy atom. The maximum absolute atomic E-state index is 10.1. The zero-order chi connectivity index (χ0) is 16.7. The number of nitriles is 1. The van der Waals surface area contributed by atoms with Crippen molar-refractivity contribution < 1.29 is 29.6 Å². The van der Waals surface area contributed by atoms with Gasteiger partial charge in [0.25, 0.3) is 0 Å².